The van der Waals surface area contributed by atoms with Gasteiger partial charge in [-0.2, -0.15) is 0 Å². The zero-order valence-electron chi connectivity index (χ0n) is 8.25. The molecule has 15 heavy (non-hydrogen) atoms. The molecule has 0 N–H and O–H groups in total. The van der Waals surface area contributed by atoms with Crippen molar-refractivity contribution < 1.29 is 12.9 Å². The van der Waals surface area contributed by atoms with Crippen LogP contribution in [0.1, 0.15) is 5.56 Å². The molecule has 0 bridgehead atoms. The molecule has 0 radical (unpaired) electrons. The molecule has 5 heteroatoms. The van der Waals surface area contributed by atoms with Crippen LogP contribution in [0.4, 0.5) is 12.9 Å². The van der Waals surface area contributed by atoms with E-state index in [1.165, 1.54) is 10.8 Å². The zero-order chi connectivity index (χ0) is 11.1. The van der Waals surface area contributed by atoms with E-state index in [1.54, 1.807) is 18.2 Å². The number of hydrogen-bond acceptors (Lipinski definition) is 0. The summed E-state index contributed by atoms with van der Waals surface area (Å²) in [6.07, 6.45) is 0.625. The lowest BCUT2D eigenvalue weighted by Crippen LogP contribution is -2.23. The molecule has 0 atom stereocenters. The Balaban J connectivity index is 2.50. The second-order valence-electron chi connectivity index (χ2n) is 3.69. The molecule has 0 saturated heterocycles. The molecule has 0 aliphatic rings. The second kappa shape index (κ2) is 3.33. The average molecular weight is 212 g/mol. The van der Waals surface area contributed by atoms with Gasteiger partial charge >= 0.3 is 6.98 Å². The molecule has 2 rings (SSSR count). The third kappa shape index (κ3) is 2.01. The van der Waals surface area contributed by atoms with Gasteiger partial charge in [-0.1, -0.05) is 12.1 Å². The van der Waals surface area contributed by atoms with Gasteiger partial charge in [0, 0.05) is 17.1 Å². The third-order valence-electron chi connectivity index (χ3n) is 2.44. The Morgan fingerprint density at radius 2 is 1.93 bits per heavy atom. The van der Waals surface area contributed by atoms with Crippen molar-refractivity contribution in [1.29, 1.82) is 0 Å². The lowest BCUT2D eigenvalue weighted by Gasteiger charge is -2.15. The first-order valence-corrected chi connectivity index (χ1v) is 4.73. The van der Waals surface area contributed by atoms with Crippen LogP contribution in [-0.4, -0.2) is 11.5 Å². The Labute approximate surface area is 85.6 Å². The summed E-state index contributed by atoms with van der Waals surface area (Å²) >= 11 is 0. The van der Waals surface area contributed by atoms with Crippen LogP contribution in [0, 0.1) is 6.92 Å². The summed E-state index contributed by atoms with van der Waals surface area (Å²) in [5, 5.41) is 0.887. The SMILES string of the molecule is Cc1cccc2c1ccn2C[B-](F)(F)F. The Morgan fingerprint density at radius 1 is 1.20 bits per heavy atom. The van der Waals surface area contributed by atoms with Crippen LogP contribution in [0.15, 0.2) is 30.5 Å². The largest absolute Gasteiger partial charge is 0.497 e. The van der Waals surface area contributed by atoms with Crippen molar-refractivity contribution in [3.8, 4) is 0 Å². The van der Waals surface area contributed by atoms with E-state index in [2.05, 4.69) is 0 Å². The molecule has 0 spiro atoms. The summed E-state index contributed by atoms with van der Waals surface area (Å²) in [5.74, 6) is 0. The highest BCUT2D eigenvalue weighted by atomic mass is 19.4. The topological polar surface area (TPSA) is 4.93 Å². The lowest BCUT2D eigenvalue weighted by atomic mass is 9.92. The maximum Gasteiger partial charge on any atom is 0.497 e. The van der Waals surface area contributed by atoms with Crippen LogP contribution in [0.2, 0.25) is 0 Å². The number of nitrogens with zero attached hydrogens (tertiary/aromatic N) is 1. The molecule has 1 heterocycles. The van der Waals surface area contributed by atoms with Crippen LogP contribution < -0.4 is 0 Å². The predicted molar refractivity (Wildman–Crippen MR) is 55.8 cm³/mol. The van der Waals surface area contributed by atoms with Gasteiger partial charge in [0.05, 0.1) is 0 Å². The molecule has 0 amide bonds. The Bertz CT molecular complexity index is 487. The fourth-order valence-corrected chi connectivity index (χ4v) is 1.76. The number of fused-ring (bicyclic) bond motifs is 1. The number of halogens is 3. The summed E-state index contributed by atoms with van der Waals surface area (Å²) in [5.41, 5.74) is 1.65. The number of aromatic nitrogens is 1. The smallest absolute Gasteiger partial charge is 0.448 e. The molecule has 0 fully saturated rings. The monoisotopic (exact) mass is 212 g/mol. The van der Waals surface area contributed by atoms with Gasteiger partial charge in [-0.3, -0.25) is 0 Å². The zero-order valence-corrected chi connectivity index (χ0v) is 8.25. The standard InChI is InChI=1S/C10H10BF3N/c1-8-3-2-4-10-9(8)5-6-15(10)7-11(12,13)14/h2-6H,7H2,1H3/q-1. The molecule has 0 unspecified atom stereocenters. The molecule has 80 valence electrons. The van der Waals surface area contributed by atoms with Gasteiger partial charge in [0.2, 0.25) is 0 Å². The first kappa shape index (κ1) is 10.1. The van der Waals surface area contributed by atoms with Crippen molar-refractivity contribution in [1.82, 2.24) is 4.57 Å². The van der Waals surface area contributed by atoms with Gasteiger partial charge in [0.25, 0.3) is 0 Å². The quantitative estimate of drug-likeness (QED) is 0.672. The fraction of sp³-hybridized carbons (Fsp3) is 0.200. The number of benzene rings is 1. The maximum atomic E-state index is 12.3. The van der Waals surface area contributed by atoms with Crippen LogP contribution in [0.5, 0.6) is 0 Å². The van der Waals surface area contributed by atoms with E-state index in [0.29, 0.717) is 5.52 Å². The lowest BCUT2D eigenvalue weighted by molar-refractivity contribution is 0.448. The minimum Gasteiger partial charge on any atom is -0.448 e. The minimum absolute atomic E-state index is 0.647. The second-order valence-corrected chi connectivity index (χ2v) is 3.69. The summed E-state index contributed by atoms with van der Waals surface area (Å²) in [6.45, 7) is -2.89. The summed E-state index contributed by atoms with van der Waals surface area (Å²) in [7, 11) is 0. The van der Waals surface area contributed by atoms with Crippen molar-refractivity contribution in [2.45, 2.75) is 13.4 Å². The van der Waals surface area contributed by atoms with Crippen molar-refractivity contribution >= 4 is 17.9 Å². The first-order chi connectivity index (χ1) is 6.97. The van der Waals surface area contributed by atoms with Crippen LogP contribution in [-0.2, 0) is 6.44 Å². The minimum atomic E-state index is -4.78. The normalized spacial score (nSPS) is 12.3. The van der Waals surface area contributed by atoms with Crippen molar-refractivity contribution in [2.75, 3.05) is 0 Å². The number of hydrogen-bond donors (Lipinski definition) is 0. The van der Waals surface area contributed by atoms with Gasteiger partial charge in [-0.25, -0.2) is 0 Å². The van der Waals surface area contributed by atoms with E-state index in [1.807, 2.05) is 13.0 Å². The van der Waals surface area contributed by atoms with Crippen LogP contribution in [0.3, 0.4) is 0 Å². The average Bonchev–Trinajstić information content (AvgIpc) is 2.48. The van der Waals surface area contributed by atoms with E-state index >= 15 is 0 Å². The van der Waals surface area contributed by atoms with Crippen LogP contribution >= 0.6 is 0 Å². The Hall–Kier alpha value is -1.39. The summed E-state index contributed by atoms with van der Waals surface area (Å²) < 4.78 is 38.1. The van der Waals surface area contributed by atoms with Gasteiger partial charge < -0.3 is 17.5 Å². The molecule has 1 nitrogen and oxygen atoms in total. The van der Waals surface area contributed by atoms with E-state index in [0.717, 1.165) is 10.9 Å². The first-order valence-electron chi connectivity index (χ1n) is 4.73. The third-order valence-corrected chi connectivity index (χ3v) is 2.44. The Kier molecular flexibility index (Phi) is 2.25. The van der Waals surface area contributed by atoms with Crippen LogP contribution in [0.25, 0.3) is 10.9 Å². The fourth-order valence-electron chi connectivity index (χ4n) is 1.76. The van der Waals surface area contributed by atoms with E-state index in [9.17, 15) is 12.9 Å². The van der Waals surface area contributed by atoms with Gasteiger partial charge in [0.1, 0.15) is 0 Å². The summed E-state index contributed by atoms with van der Waals surface area (Å²) in [4.78, 5) is 0. The molecule has 2 aromatic rings. The van der Waals surface area contributed by atoms with Crippen molar-refractivity contribution in [2.24, 2.45) is 0 Å². The van der Waals surface area contributed by atoms with Gasteiger partial charge in [-0.05, 0) is 31.1 Å². The maximum absolute atomic E-state index is 12.3. The highest BCUT2D eigenvalue weighted by molar-refractivity contribution is 6.57. The number of aryl methyl sites for hydroxylation is 1. The molecule has 1 aromatic heterocycles. The van der Waals surface area contributed by atoms with Crippen molar-refractivity contribution in [3.05, 3.63) is 36.0 Å². The predicted octanol–water partition coefficient (Wildman–Crippen LogP) is 3.34. The highest BCUT2D eigenvalue weighted by Crippen LogP contribution is 2.22. The Morgan fingerprint density at radius 3 is 2.60 bits per heavy atom. The molecule has 0 saturated carbocycles. The highest BCUT2D eigenvalue weighted by Gasteiger charge is 2.23. The van der Waals surface area contributed by atoms with Gasteiger partial charge in [-0.15, -0.1) is 0 Å². The number of rotatable bonds is 2. The van der Waals surface area contributed by atoms with Gasteiger partial charge in [0.15, 0.2) is 0 Å². The van der Waals surface area contributed by atoms with E-state index < -0.39 is 13.4 Å². The molecular formula is C10H10BF3N-. The molecule has 1 aromatic carbocycles. The molecular weight excluding hydrogens is 202 g/mol. The summed E-state index contributed by atoms with van der Waals surface area (Å²) in [6, 6.07) is 7.11. The van der Waals surface area contributed by atoms with E-state index in [4.69, 9.17) is 0 Å². The van der Waals surface area contributed by atoms with E-state index in [-0.39, 0.29) is 0 Å². The molecule has 0 aliphatic heterocycles. The molecule has 0 aliphatic carbocycles. The van der Waals surface area contributed by atoms with Crippen molar-refractivity contribution in [3.63, 3.8) is 0 Å².